The van der Waals surface area contributed by atoms with Gasteiger partial charge in [-0.05, 0) is 5.56 Å². The lowest BCUT2D eigenvalue weighted by atomic mass is 10.1. The zero-order chi connectivity index (χ0) is 12.2. The lowest BCUT2D eigenvalue weighted by Gasteiger charge is -2.23. The molecule has 2 aliphatic rings. The lowest BCUT2D eigenvalue weighted by Crippen LogP contribution is -2.28. The summed E-state index contributed by atoms with van der Waals surface area (Å²) in [6.45, 7) is 2.54. The standard InChI is InChI=1S/C14H17NO3/c1-2-4-11(5-3-1)8-16-10-14-12-9-18-15-13(12)6-7-17-14/h1-5,14-15H,6-10H2/t14-/m1/s1. The van der Waals surface area contributed by atoms with Gasteiger partial charge in [0.1, 0.15) is 12.7 Å². The van der Waals surface area contributed by atoms with Gasteiger partial charge in [0.05, 0.1) is 19.8 Å². The molecule has 1 N–H and O–H groups in total. The minimum absolute atomic E-state index is 0.0347. The Morgan fingerprint density at radius 2 is 2.17 bits per heavy atom. The van der Waals surface area contributed by atoms with Gasteiger partial charge in [-0.15, -0.1) is 0 Å². The van der Waals surface area contributed by atoms with E-state index >= 15 is 0 Å². The van der Waals surface area contributed by atoms with E-state index in [0.29, 0.717) is 19.8 Å². The number of hydroxylamine groups is 1. The van der Waals surface area contributed by atoms with Crippen LogP contribution in [-0.4, -0.2) is 25.9 Å². The highest BCUT2D eigenvalue weighted by atomic mass is 16.7. The van der Waals surface area contributed by atoms with E-state index < -0.39 is 0 Å². The number of hydrogen-bond acceptors (Lipinski definition) is 4. The molecule has 0 saturated carbocycles. The molecular weight excluding hydrogens is 230 g/mol. The molecule has 1 aromatic carbocycles. The number of hydrogen-bond donors (Lipinski definition) is 1. The summed E-state index contributed by atoms with van der Waals surface area (Å²) in [4.78, 5) is 5.23. The summed E-state index contributed by atoms with van der Waals surface area (Å²) in [6, 6.07) is 10.2. The highest BCUT2D eigenvalue weighted by Crippen LogP contribution is 2.24. The van der Waals surface area contributed by atoms with Gasteiger partial charge in [0.2, 0.25) is 0 Å². The molecule has 0 bridgehead atoms. The first-order valence-corrected chi connectivity index (χ1v) is 6.26. The second-order valence-corrected chi connectivity index (χ2v) is 4.50. The molecule has 3 rings (SSSR count). The molecule has 1 atom stereocenters. The van der Waals surface area contributed by atoms with Crippen molar-refractivity contribution in [3.63, 3.8) is 0 Å². The Hall–Kier alpha value is -1.36. The topological polar surface area (TPSA) is 39.7 Å². The third-order valence-electron chi connectivity index (χ3n) is 3.25. The Morgan fingerprint density at radius 3 is 3.06 bits per heavy atom. The minimum Gasteiger partial charge on any atom is -0.374 e. The molecule has 0 aliphatic carbocycles. The number of benzene rings is 1. The molecule has 0 saturated heterocycles. The Labute approximate surface area is 106 Å². The minimum atomic E-state index is 0.0347. The molecule has 0 radical (unpaired) electrons. The normalized spacial score (nSPS) is 22.8. The van der Waals surface area contributed by atoms with Gasteiger partial charge in [-0.25, -0.2) is 0 Å². The van der Waals surface area contributed by atoms with Gasteiger partial charge in [0.25, 0.3) is 0 Å². The summed E-state index contributed by atoms with van der Waals surface area (Å²) in [5.41, 5.74) is 6.50. The van der Waals surface area contributed by atoms with Crippen LogP contribution >= 0.6 is 0 Å². The average Bonchev–Trinajstić information content (AvgIpc) is 2.89. The molecule has 1 aromatic rings. The van der Waals surface area contributed by atoms with Crippen molar-refractivity contribution in [2.24, 2.45) is 0 Å². The Kier molecular flexibility index (Phi) is 3.59. The van der Waals surface area contributed by atoms with Crippen LogP contribution in [0.2, 0.25) is 0 Å². The van der Waals surface area contributed by atoms with E-state index in [9.17, 15) is 0 Å². The predicted octanol–water partition coefficient (Wildman–Crippen LogP) is 1.78. The maximum Gasteiger partial charge on any atom is 0.106 e. The number of rotatable bonds is 4. The van der Waals surface area contributed by atoms with Gasteiger partial charge in [0.15, 0.2) is 0 Å². The maximum atomic E-state index is 5.73. The van der Waals surface area contributed by atoms with Crippen molar-refractivity contribution in [2.75, 3.05) is 19.8 Å². The van der Waals surface area contributed by atoms with E-state index in [2.05, 4.69) is 17.6 Å². The Balaban J connectivity index is 1.53. The smallest absolute Gasteiger partial charge is 0.106 e. The van der Waals surface area contributed by atoms with Crippen molar-refractivity contribution in [1.82, 2.24) is 5.48 Å². The molecule has 2 heterocycles. The van der Waals surface area contributed by atoms with Crippen LogP contribution in [0.15, 0.2) is 41.6 Å². The van der Waals surface area contributed by atoms with E-state index in [1.807, 2.05) is 18.2 Å². The summed E-state index contributed by atoms with van der Waals surface area (Å²) in [7, 11) is 0. The average molecular weight is 247 g/mol. The van der Waals surface area contributed by atoms with Gasteiger partial charge in [-0.2, -0.15) is 0 Å². The quantitative estimate of drug-likeness (QED) is 0.880. The van der Waals surface area contributed by atoms with Crippen molar-refractivity contribution in [3.05, 3.63) is 47.2 Å². The van der Waals surface area contributed by atoms with Gasteiger partial charge >= 0.3 is 0 Å². The van der Waals surface area contributed by atoms with E-state index in [-0.39, 0.29) is 6.10 Å². The predicted molar refractivity (Wildman–Crippen MR) is 66.6 cm³/mol. The molecule has 96 valence electrons. The second-order valence-electron chi connectivity index (χ2n) is 4.50. The van der Waals surface area contributed by atoms with Crippen LogP contribution in [0.25, 0.3) is 0 Å². The van der Waals surface area contributed by atoms with Crippen LogP contribution in [-0.2, 0) is 20.9 Å². The van der Waals surface area contributed by atoms with Crippen LogP contribution < -0.4 is 5.48 Å². The van der Waals surface area contributed by atoms with Gasteiger partial charge in [-0.1, -0.05) is 30.3 Å². The summed E-state index contributed by atoms with van der Waals surface area (Å²) in [6.07, 6.45) is 0.942. The molecular formula is C14H17NO3. The molecule has 0 unspecified atom stereocenters. The molecule has 4 heteroatoms. The molecule has 0 fully saturated rings. The van der Waals surface area contributed by atoms with Crippen molar-refractivity contribution >= 4 is 0 Å². The fraction of sp³-hybridized carbons (Fsp3) is 0.429. The van der Waals surface area contributed by atoms with E-state index in [0.717, 1.165) is 13.0 Å². The first kappa shape index (κ1) is 11.7. The summed E-state index contributed by atoms with van der Waals surface area (Å²) < 4.78 is 11.5. The maximum absolute atomic E-state index is 5.73. The largest absolute Gasteiger partial charge is 0.374 e. The highest BCUT2D eigenvalue weighted by molar-refractivity contribution is 5.22. The third kappa shape index (κ3) is 2.56. The van der Waals surface area contributed by atoms with E-state index in [1.165, 1.54) is 16.8 Å². The van der Waals surface area contributed by atoms with Gasteiger partial charge < -0.3 is 9.47 Å². The molecule has 4 nitrogen and oxygen atoms in total. The Morgan fingerprint density at radius 1 is 1.28 bits per heavy atom. The molecule has 0 spiro atoms. The third-order valence-corrected chi connectivity index (χ3v) is 3.25. The van der Waals surface area contributed by atoms with Gasteiger partial charge in [-0.3, -0.25) is 10.3 Å². The summed E-state index contributed by atoms with van der Waals surface area (Å²) in [5, 5.41) is 0. The fourth-order valence-corrected chi connectivity index (χ4v) is 2.26. The highest BCUT2D eigenvalue weighted by Gasteiger charge is 2.28. The zero-order valence-electron chi connectivity index (χ0n) is 10.2. The van der Waals surface area contributed by atoms with Crippen LogP contribution in [0.3, 0.4) is 0 Å². The second kappa shape index (κ2) is 5.52. The number of ether oxygens (including phenoxy) is 2. The first-order valence-electron chi connectivity index (χ1n) is 6.26. The van der Waals surface area contributed by atoms with Crippen LogP contribution in [0.1, 0.15) is 12.0 Å². The molecule has 0 aromatic heterocycles. The molecule has 0 amide bonds. The van der Waals surface area contributed by atoms with Crippen molar-refractivity contribution in [1.29, 1.82) is 0 Å². The van der Waals surface area contributed by atoms with Crippen LogP contribution in [0, 0.1) is 0 Å². The van der Waals surface area contributed by atoms with Gasteiger partial charge in [0, 0.05) is 17.7 Å². The zero-order valence-corrected chi connectivity index (χ0v) is 10.2. The molecule has 18 heavy (non-hydrogen) atoms. The summed E-state index contributed by atoms with van der Waals surface area (Å²) >= 11 is 0. The van der Waals surface area contributed by atoms with E-state index in [1.54, 1.807) is 0 Å². The van der Waals surface area contributed by atoms with Crippen molar-refractivity contribution in [3.8, 4) is 0 Å². The SMILES string of the molecule is c1ccc(COC[C@H]2OCCC3=C2CON3)cc1. The number of nitrogens with one attached hydrogen (secondary N) is 1. The first-order chi connectivity index (χ1) is 8.93. The Bertz CT molecular complexity index is 430. The van der Waals surface area contributed by atoms with Crippen molar-refractivity contribution in [2.45, 2.75) is 19.1 Å². The van der Waals surface area contributed by atoms with Crippen LogP contribution in [0.4, 0.5) is 0 Å². The molecule has 2 aliphatic heterocycles. The van der Waals surface area contributed by atoms with Crippen molar-refractivity contribution < 1.29 is 14.3 Å². The van der Waals surface area contributed by atoms with E-state index in [4.69, 9.17) is 14.3 Å². The lowest BCUT2D eigenvalue weighted by molar-refractivity contribution is -0.0102. The monoisotopic (exact) mass is 247 g/mol. The fourth-order valence-electron chi connectivity index (χ4n) is 2.26. The van der Waals surface area contributed by atoms with Crippen LogP contribution in [0.5, 0.6) is 0 Å². The summed E-state index contributed by atoms with van der Waals surface area (Å²) in [5.74, 6) is 0.